The SMILES string of the molecule is COc1ccc(C2SCC(C(=O)NCCN3CCOCC3)N2C(=O)C(C)C)cc1OC. The van der Waals surface area contributed by atoms with Gasteiger partial charge in [-0.15, -0.1) is 11.8 Å². The maximum atomic E-state index is 13.1. The minimum atomic E-state index is -0.498. The molecule has 0 bridgehead atoms. The van der Waals surface area contributed by atoms with Crippen LogP contribution >= 0.6 is 11.8 Å². The number of nitrogens with zero attached hydrogens (tertiary/aromatic N) is 2. The molecule has 172 valence electrons. The molecule has 2 unspecified atom stereocenters. The van der Waals surface area contributed by atoms with E-state index < -0.39 is 6.04 Å². The van der Waals surface area contributed by atoms with Crippen molar-refractivity contribution in [2.24, 2.45) is 5.92 Å². The summed E-state index contributed by atoms with van der Waals surface area (Å²) in [5.41, 5.74) is 0.917. The van der Waals surface area contributed by atoms with Crippen molar-refractivity contribution in [2.75, 3.05) is 59.4 Å². The molecule has 1 aromatic rings. The Bertz CT molecular complexity index is 770. The Hall–Kier alpha value is -1.97. The van der Waals surface area contributed by atoms with Crippen LogP contribution in [0, 0.1) is 5.92 Å². The topological polar surface area (TPSA) is 80.3 Å². The van der Waals surface area contributed by atoms with E-state index in [0.717, 1.165) is 38.4 Å². The minimum absolute atomic E-state index is 0.0295. The van der Waals surface area contributed by atoms with E-state index in [9.17, 15) is 9.59 Å². The zero-order chi connectivity index (χ0) is 22.4. The van der Waals surface area contributed by atoms with Gasteiger partial charge in [-0.25, -0.2) is 0 Å². The summed E-state index contributed by atoms with van der Waals surface area (Å²) in [4.78, 5) is 30.1. The second-order valence-electron chi connectivity index (χ2n) is 7.96. The lowest BCUT2D eigenvalue weighted by atomic mass is 10.1. The quantitative estimate of drug-likeness (QED) is 0.645. The van der Waals surface area contributed by atoms with E-state index in [1.165, 1.54) is 0 Å². The molecule has 2 aliphatic rings. The number of carbonyl (C=O) groups is 2. The Balaban J connectivity index is 1.72. The van der Waals surface area contributed by atoms with Crippen LogP contribution in [0.15, 0.2) is 18.2 Å². The number of morpholine rings is 1. The van der Waals surface area contributed by atoms with Gasteiger partial charge in [-0.3, -0.25) is 14.5 Å². The number of hydrogen-bond donors (Lipinski definition) is 1. The number of amides is 2. The fraction of sp³-hybridized carbons (Fsp3) is 0.636. The maximum Gasteiger partial charge on any atom is 0.243 e. The standard InChI is InChI=1S/C22H33N3O5S/c1-15(2)21(27)25-17(20(26)23-7-8-24-9-11-30-12-10-24)14-31-22(25)16-5-6-18(28-3)19(13-16)29-4/h5-6,13,15,17,22H,7-12,14H2,1-4H3,(H,23,26). The van der Waals surface area contributed by atoms with Crippen molar-refractivity contribution >= 4 is 23.6 Å². The molecule has 9 heteroatoms. The van der Waals surface area contributed by atoms with Crippen LogP contribution in [0.3, 0.4) is 0 Å². The van der Waals surface area contributed by atoms with Gasteiger partial charge in [0, 0.05) is 37.8 Å². The van der Waals surface area contributed by atoms with E-state index in [1.807, 2.05) is 32.0 Å². The molecule has 0 aromatic heterocycles. The summed E-state index contributed by atoms with van der Waals surface area (Å²) in [5.74, 6) is 1.46. The van der Waals surface area contributed by atoms with Crippen LogP contribution in [0.5, 0.6) is 11.5 Å². The lowest BCUT2D eigenvalue weighted by Crippen LogP contribution is -2.50. The van der Waals surface area contributed by atoms with Gasteiger partial charge in [0.05, 0.1) is 27.4 Å². The molecule has 0 aliphatic carbocycles. The molecule has 31 heavy (non-hydrogen) atoms. The highest BCUT2D eigenvalue weighted by Crippen LogP contribution is 2.44. The molecule has 2 fully saturated rings. The lowest BCUT2D eigenvalue weighted by Gasteiger charge is -2.31. The maximum absolute atomic E-state index is 13.1. The Morgan fingerprint density at radius 2 is 1.90 bits per heavy atom. The number of rotatable bonds is 8. The van der Waals surface area contributed by atoms with E-state index in [0.29, 0.717) is 23.8 Å². The van der Waals surface area contributed by atoms with Gasteiger partial charge in [0.15, 0.2) is 11.5 Å². The Labute approximate surface area is 188 Å². The van der Waals surface area contributed by atoms with Gasteiger partial charge >= 0.3 is 0 Å². The predicted molar refractivity (Wildman–Crippen MR) is 120 cm³/mol. The number of methoxy groups -OCH3 is 2. The number of benzene rings is 1. The van der Waals surface area contributed by atoms with Gasteiger partial charge in [-0.1, -0.05) is 19.9 Å². The molecule has 3 rings (SSSR count). The molecule has 2 amide bonds. The van der Waals surface area contributed by atoms with E-state index in [2.05, 4.69) is 10.2 Å². The van der Waals surface area contributed by atoms with Crippen LogP contribution in [0.4, 0.5) is 0 Å². The highest BCUT2D eigenvalue weighted by molar-refractivity contribution is 7.99. The van der Waals surface area contributed by atoms with E-state index >= 15 is 0 Å². The van der Waals surface area contributed by atoms with E-state index in [1.54, 1.807) is 30.9 Å². The van der Waals surface area contributed by atoms with Crippen LogP contribution in [0.1, 0.15) is 24.8 Å². The zero-order valence-corrected chi connectivity index (χ0v) is 19.6. The van der Waals surface area contributed by atoms with Crippen molar-refractivity contribution in [1.82, 2.24) is 15.1 Å². The highest BCUT2D eigenvalue weighted by atomic mass is 32.2. The normalized spacial score (nSPS) is 21.9. The molecule has 0 saturated carbocycles. The van der Waals surface area contributed by atoms with E-state index in [4.69, 9.17) is 14.2 Å². The van der Waals surface area contributed by atoms with Gasteiger partial charge in [0.25, 0.3) is 0 Å². The lowest BCUT2D eigenvalue weighted by molar-refractivity contribution is -0.142. The Kier molecular flexibility index (Phi) is 8.45. The van der Waals surface area contributed by atoms with Gasteiger partial charge in [-0.05, 0) is 17.7 Å². The number of nitrogens with one attached hydrogen (secondary N) is 1. The fourth-order valence-corrected chi connectivity index (χ4v) is 5.25. The van der Waals surface area contributed by atoms with Gasteiger partial charge < -0.3 is 24.4 Å². The van der Waals surface area contributed by atoms with E-state index in [-0.39, 0.29) is 23.1 Å². The first kappa shape index (κ1) is 23.7. The third kappa shape index (κ3) is 5.64. The molecular formula is C22H33N3O5S. The molecule has 1 aromatic carbocycles. The number of thioether (sulfide) groups is 1. The molecule has 8 nitrogen and oxygen atoms in total. The highest BCUT2D eigenvalue weighted by Gasteiger charge is 2.43. The summed E-state index contributed by atoms with van der Waals surface area (Å²) in [6.07, 6.45) is 0. The smallest absolute Gasteiger partial charge is 0.243 e. The zero-order valence-electron chi connectivity index (χ0n) is 18.8. The van der Waals surface area contributed by atoms with Crippen molar-refractivity contribution in [3.8, 4) is 11.5 Å². The third-order valence-corrected chi connectivity index (χ3v) is 6.90. The molecule has 0 spiro atoms. The summed E-state index contributed by atoms with van der Waals surface area (Å²) < 4.78 is 16.1. The van der Waals surface area contributed by atoms with Gasteiger partial charge in [0.2, 0.25) is 11.8 Å². The molecule has 2 heterocycles. The van der Waals surface area contributed by atoms with Gasteiger partial charge in [0.1, 0.15) is 11.4 Å². The molecule has 2 saturated heterocycles. The minimum Gasteiger partial charge on any atom is -0.493 e. The van der Waals surface area contributed by atoms with Crippen molar-refractivity contribution in [3.05, 3.63) is 23.8 Å². The average molecular weight is 452 g/mol. The van der Waals surface area contributed by atoms with Crippen molar-refractivity contribution in [3.63, 3.8) is 0 Å². The van der Waals surface area contributed by atoms with Crippen molar-refractivity contribution in [2.45, 2.75) is 25.3 Å². The summed E-state index contributed by atoms with van der Waals surface area (Å²) in [6, 6.07) is 5.15. The first-order valence-corrected chi connectivity index (χ1v) is 11.7. The molecule has 0 radical (unpaired) electrons. The summed E-state index contributed by atoms with van der Waals surface area (Å²) in [7, 11) is 3.18. The Morgan fingerprint density at radius 3 is 2.55 bits per heavy atom. The second kappa shape index (κ2) is 11.1. The first-order valence-electron chi connectivity index (χ1n) is 10.7. The Morgan fingerprint density at radius 1 is 1.19 bits per heavy atom. The fourth-order valence-electron chi connectivity index (χ4n) is 3.82. The van der Waals surface area contributed by atoms with Crippen molar-refractivity contribution in [1.29, 1.82) is 0 Å². The van der Waals surface area contributed by atoms with Crippen LogP contribution in [-0.4, -0.2) is 87.0 Å². The number of ether oxygens (including phenoxy) is 3. The summed E-state index contributed by atoms with van der Waals surface area (Å²) in [6.45, 7) is 8.31. The summed E-state index contributed by atoms with van der Waals surface area (Å²) in [5, 5.41) is 2.79. The predicted octanol–water partition coefficient (Wildman–Crippen LogP) is 1.75. The van der Waals surface area contributed by atoms with Crippen LogP contribution in [0.2, 0.25) is 0 Å². The monoisotopic (exact) mass is 451 g/mol. The average Bonchev–Trinajstić information content (AvgIpc) is 3.23. The number of hydrogen-bond acceptors (Lipinski definition) is 7. The van der Waals surface area contributed by atoms with Crippen LogP contribution in [-0.2, 0) is 14.3 Å². The third-order valence-electron chi connectivity index (χ3n) is 5.58. The second-order valence-corrected chi connectivity index (χ2v) is 9.07. The first-order chi connectivity index (χ1) is 15.0. The molecule has 2 atom stereocenters. The van der Waals surface area contributed by atoms with Crippen LogP contribution < -0.4 is 14.8 Å². The molecular weight excluding hydrogens is 418 g/mol. The van der Waals surface area contributed by atoms with Gasteiger partial charge in [-0.2, -0.15) is 0 Å². The number of carbonyl (C=O) groups excluding carboxylic acids is 2. The largest absolute Gasteiger partial charge is 0.493 e. The molecule has 1 N–H and O–H groups in total. The summed E-state index contributed by atoms with van der Waals surface area (Å²) >= 11 is 1.60. The van der Waals surface area contributed by atoms with Crippen molar-refractivity contribution < 1.29 is 23.8 Å². The van der Waals surface area contributed by atoms with Crippen LogP contribution in [0.25, 0.3) is 0 Å². The molecule has 2 aliphatic heterocycles.